The number of amides is 1. The van der Waals surface area contributed by atoms with E-state index in [2.05, 4.69) is 11.9 Å². The summed E-state index contributed by atoms with van der Waals surface area (Å²) in [5.41, 5.74) is -0.393. The lowest BCUT2D eigenvalue weighted by atomic mass is 10.5. The third-order valence-corrected chi connectivity index (χ3v) is 6.20. The standard InChI is InChI=1S/C14H29NO6Si/c1-7-13(15-14(16)21-12(6)17-8-2)22(18-9-3,19-10-4)20-11-5/h8,12-13H,2,7,9-11H2,1,3-6H3,(H,15,16). The zero-order valence-electron chi connectivity index (χ0n) is 14.2. The molecule has 0 aromatic rings. The zero-order valence-corrected chi connectivity index (χ0v) is 15.2. The summed E-state index contributed by atoms with van der Waals surface area (Å²) in [7, 11) is -3.03. The van der Waals surface area contributed by atoms with Gasteiger partial charge in [0.15, 0.2) is 0 Å². The molecule has 22 heavy (non-hydrogen) atoms. The van der Waals surface area contributed by atoms with Gasteiger partial charge < -0.3 is 28.1 Å². The summed E-state index contributed by atoms with van der Waals surface area (Å²) in [5.74, 6) is 0. The van der Waals surface area contributed by atoms with Gasteiger partial charge in [0.25, 0.3) is 0 Å². The van der Waals surface area contributed by atoms with Gasteiger partial charge in [-0.2, -0.15) is 0 Å². The summed E-state index contributed by atoms with van der Waals surface area (Å²) in [6.07, 6.45) is 0.474. The molecule has 1 N–H and O–H groups in total. The number of rotatable bonds is 12. The van der Waals surface area contributed by atoms with Crippen LogP contribution in [0, 0.1) is 0 Å². The molecule has 0 bridgehead atoms. The number of ether oxygens (including phenoxy) is 2. The summed E-state index contributed by atoms with van der Waals surface area (Å²) in [4.78, 5) is 12.0. The van der Waals surface area contributed by atoms with Crippen molar-refractivity contribution in [3.8, 4) is 0 Å². The molecule has 8 heteroatoms. The van der Waals surface area contributed by atoms with Gasteiger partial charge in [-0.15, -0.1) is 0 Å². The predicted octanol–water partition coefficient (Wildman–Crippen LogP) is 2.58. The predicted molar refractivity (Wildman–Crippen MR) is 85.1 cm³/mol. The van der Waals surface area contributed by atoms with E-state index in [1.165, 1.54) is 6.26 Å². The SMILES string of the molecule is C=COC(C)OC(=O)NC(CC)[Si](OCC)(OCC)OCC. The maximum absolute atomic E-state index is 12.0. The first-order valence-corrected chi connectivity index (χ1v) is 9.45. The molecule has 0 aliphatic carbocycles. The number of alkyl carbamates (subject to hydrolysis) is 1. The van der Waals surface area contributed by atoms with Gasteiger partial charge in [-0.1, -0.05) is 13.5 Å². The molecule has 130 valence electrons. The quantitative estimate of drug-likeness (QED) is 0.336. The van der Waals surface area contributed by atoms with Gasteiger partial charge in [0.05, 0.1) is 6.26 Å². The number of carbonyl (C=O) groups excluding carboxylic acids is 1. The average Bonchev–Trinajstić information content (AvgIpc) is 2.45. The highest BCUT2D eigenvalue weighted by Crippen LogP contribution is 2.18. The van der Waals surface area contributed by atoms with Gasteiger partial charge in [-0.3, -0.25) is 0 Å². The highest BCUT2D eigenvalue weighted by molar-refractivity contribution is 6.62. The van der Waals surface area contributed by atoms with Crippen molar-refractivity contribution in [3.63, 3.8) is 0 Å². The van der Waals surface area contributed by atoms with Crippen LogP contribution < -0.4 is 5.32 Å². The Bertz CT molecular complexity index is 311. The molecular formula is C14H29NO6Si. The maximum atomic E-state index is 12.0. The van der Waals surface area contributed by atoms with Gasteiger partial charge in [0.2, 0.25) is 6.29 Å². The van der Waals surface area contributed by atoms with Gasteiger partial charge in [0, 0.05) is 26.7 Å². The van der Waals surface area contributed by atoms with Crippen molar-refractivity contribution in [3.05, 3.63) is 12.8 Å². The Morgan fingerprint density at radius 2 is 1.64 bits per heavy atom. The van der Waals surface area contributed by atoms with E-state index in [4.69, 9.17) is 22.8 Å². The topological polar surface area (TPSA) is 75.3 Å². The number of nitrogens with one attached hydrogen (secondary N) is 1. The first-order chi connectivity index (χ1) is 10.5. The minimum Gasteiger partial charge on any atom is -0.463 e. The monoisotopic (exact) mass is 335 g/mol. The van der Waals surface area contributed by atoms with Crippen LogP contribution in [-0.2, 0) is 22.8 Å². The molecule has 0 aliphatic rings. The van der Waals surface area contributed by atoms with E-state index in [0.717, 1.165) is 0 Å². The highest BCUT2D eigenvalue weighted by atomic mass is 28.4. The van der Waals surface area contributed by atoms with Crippen LogP contribution in [0.1, 0.15) is 41.0 Å². The fraction of sp³-hybridized carbons (Fsp3) is 0.786. The molecule has 7 nitrogen and oxygen atoms in total. The van der Waals surface area contributed by atoms with Gasteiger partial charge in [-0.05, 0) is 27.2 Å². The molecule has 0 fully saturated rings. The second kappa shape index (κ2) is 11.5. The van der Waals surface area contributed by atoms with Crippen molar-refractivity contribution in [1.82, 2.24) is 5.32 Å². The summed E-state index contributed by atoms with van der Waals surface area (Å²) in [6.45, 7) is 13.8. The summed E-state index contributed by atoms with van der Waals surface area (Å²) in [5, 5.41) is 2.76. The maximum Gasteiger partial charge on any atom is 0.524 e. The fourth-order valence-electron chi connectivity index (χ4n) is 1.96. The van der Waals surface area contributed by atoms with Crippen molar-refractivity contribution in [2.24, 2.45) is 0 Å². The second-order valence-corrected chi connectivity index (χ2v) is 7.05. The summed E-state index contributed by atoms with van der Waals surface area (Å²) >= 11 is 0. The largest absolute Gasteiger partial charge is 0.524 e. The molecule has 2 unspecified atom stereocenters. The van der Waals surface area contributed by atoms with Crippen LogP contribution in [0.4, 0.5) is 4.79 Å². The van der Waals surface area contributed by atoms with Crippen molar-refractivity contribution < 1.29 is 27.5 Å². The Balaban J connectivity index is 4.96. The number of carbonyl (C=O) groups is 1. The molecule has 0 aromatic carbocycles. The number of hydrogen-bond donors (Lipinski definition) is 1. The van der Waals surface area contributed by atoms with E-state index in [-0.39, 0.29) is 0 Å². The molecule has 1 amide bonds. The van der Waals surface area contributed by atoms with Crippen molar-refractivity contribution in [1.29, 1.82) is 0 Å². The lowest BCUT2D eigenvalue weighted by Gasteiger charge is -2.34. The fourth-order valence-corrected chi connectivity index (χ4v) is 4.82. The third kappa shape index (κ3) is 6.78. The normalized spacial score (nSPS) is 14.0. The zero-order chi connectivity index (χ0) is 17.0. The molecule has 0 spiro atoms. The Kier molecular flexibility index (Phi) is 10.9. The summed E-state index contributed by atoms with van der Waals surface area (Å²) in [6, 6.07) is 0. The van der Waals surface area contributed by atoms with Crippen LogP contribution in [0.25, 0.3) is 0 Å². The van der Waals surface area contributed by atoms with Gasteiger partial charge in [-0.25, -0.2) is 4.79 Å². The molecule has 0 aromatic heterocycles. The first-order valence-electron chi connectivity index (χ1n) is 7.64. The third-order valence-electron chi connectivity index (χ3n) is 2.72. The van der Waals surface area contributed by atoms with Crippen LogP contribution in [0.2, 0.25) is 0 Å². The van der Waals surface area contributed by atoms with Gasteiger partial charge in [0.1, 0.15) is 5.67 Å². The molecule has 0 rings (SSSR count). The molecule has 0 aliphatic heterocycles. The molecule has 0 heterocycles. The molecule has 0 radical (unpaired) electrons. The minimum absolute atomic E-state index is 0.393. The van der Waals surface area contributed by atoms with E-state index in [1.54, 1.807) is 6.92 Å². The Morgan fingerprint density at radius 1 is 1.14 bits per heavy atom. The Labute approximate surface area is 134 Å². The highest BCUT2D eigenvalue weighted by Gasteiger charge is 2.49. The lowest BCUT2D eigenvalue weighted by Crippen LogP contribution is -2.63. The van der Waals surface area contributed by atoms with Crippen LogP contribution in [-0.4, -0.2) is 46.7 Å². The van der Waals surface area contributed by atoms with Crippen LogP contribution in [0.3, 0.4) is 0 Å². The van der Waals surface area contributed by atoms with Crippen molar-refractivity contribution in [2.45, 2.75) is 53.0 Å². The lowest BCUT2D eigenvalue weighted by molar-refractivity contribution is -0.0483. The smallest absolute Gasteiger partial charge is 0.463 e. The Hall–Kier alpha value is -1.09. The van der Waals surface area contributed by atoms with Crippen LogP contribution >= 0.6 is 0 Å². The molecule has 0 saturated heterocycles. The van der Waals surface area contributed by atoms with E-state index < -0.39 is 26.9 Å². The minimum atomic E-state index is -3.03. The molecular weight excluding hydrogens is 306 g/mol. The summed E-state index contributed by atoms with van der Waals surface area (Å²) < 4.78 is 27.4. The van der Waals surface area contributed by atoms with E-state index >= 15 is 0 Å². The van der Waals surface area contributed by atoms with Crippen LogP contribution in [0.5, 0.6) is 0 Å². The van der Waals surface area contributed by atoms with Crippen molar-refractivity contribution in [2.75, 3.05) is 19.8 Å². The molecule has 2 atom stereocenters. The van der Waals surface area contributed by atoms with Gasteiger partial charge >= 0.3 is 14.9 Å². The Morgan fingerprint density at radius 3 is 2.00 bits per heavy atom. The first kappa shape index (κ1) is 20.9. The van der Waals surface area contributed by atoms with Crippen molar-refractivity contribution >= 4 is 14.9 Å². The second-order valence-electron chi connectivity index (χ2n) is 4.28. The van der Waals surface area contributed by atoms with E-state index in [0.29, 0.717) is 26.2 Å². The average molecular weight is 335 g/mol. The van der Waals surface area contributed by atoms with E-state index in [1.807, 2.05) is 27.7 Å². The number of hydrogen-bond acceptors (Lipinski definition) is 6. The molecule has 0 saturated carbocycles. The van der Waals surface area contributed by atoms with E-state index in [9.17, 15) is 4.79 Å². The van der Waals surface area contributed by atoms with Crippen LogP contribution in [0.15, 0.2) is 12.8 Å².